The normalized spacial score (nSPS) is 11.0. The first-order chi connectivity index (χ1) is 12.2. The Morgan fingerprint density at radius 3 is 2.40 bits per heavy atom. The summed E-state index contributed by atoms with van der Waals surface area (Å²) in [6.07, 6.45) is 0. The van der Waals surface area contributed by atoms with Crippen molar-refractivity contribution in [1.29, 1.82) is 0 Å². The van der Waals surface area contributed by atoms with E-state index in [4.69, 9.17) is 14.2 Å². The summed E-state index contributed by atoms with van der Waals surface area (Å²) < 4.78 is 16.2. The highest BCUT2D eigenvalue weighted by Crippen LogP contribution is 2.42. The monoisotopic (exact) mass is 337 g/mol. The van der Waals surface area contributed by atoms with E-state index in [0.717, 1.165) is 50.8 Å². The molecule has 6 heteroatoms. The molecule has 2 aromatic rings. The van der Waals surface area contributed by atoms with Crippen LogP contribution in [0.2, 0.25) is 0 Å². The van der Waals surface area contributed by atoms with Crippen molar-refractivity contribution in [3.63, 3.8) is 0 Å². The molecule has 0 unspecified atom stereocenters. The minimum atomic E-state index is 0.734. The molecule has 0 saturated heterocycles. The van der Waals surface area contributed by atoms with Gasteiger partial charge in [-0.1, -0.05) is 12.1 Å². The van der Waals surface area contributed by atoms with E-state index < -0.39 is 0 Å². The number of hydrogen-bond donors (Lipinski definition) is 3. The molecule has 3 N–H and O–H groups in total. The molecule has 1 aliphatic heterocycles. The van der Waals surface area contributed by atoms with Crippen LogP contribution in [0.5, 0.6) is 17.2 Å². The van der Waals surface area contributed by atoms with Crippen LogP contribution in [0.3, 0.4) is 0 Å². The molecule has 0 atom stereocenters. The predicted octanol–water partition coefficient (Wildman–Crippen LogP) is 4.37. The fraction of sp³-hybridized carbons (Fsp3) is 0.158. The van der Waals surface area contributed by atoms with Gasteiger partial charge in [-0.15, -0.1) is 0 Å². The van der Waals surface area contributed by atoms with E-state index in [2.05, 4.69) is 27.6 Å². The van der Waals surface area contributed by atoms with Gasteiger partial charge in [0.15, 0.2) is 0 Å². The highest BCUT2D eigenvalue weighted by Gasteiger charge is 2.19. The van der Waals surface area contributed by atoms with Crippen molar-refractivity contribution in [3.8, 4) is 28.5 Å². The zero-order valence-corrected chi connectivity index (χ0v) is 14.3. The van der Waals surface area contributed by atoms with E-state index in [9.17, 15) is 0 Å². The van der Waals surface area contributed by atoms with Gasteiger partial charge in [0.1, 0.15) is 23.1 Å². The minimum absolute atomic E-state index is 0.734. The first-order valence-corrected chi connectivity index (χ1v) is 7.90. The third-order valence-electron chi connectivity index (χ3n) is 4.36. The Morgan fingerprint density at radius 1 is 0.800 bits per heavy atom. The lowest BCUT2D eigenvalue weighted by molar-refractivity contribution is 0.405. The van der Waals surface area contributed by atoms with Crippen molar-refractivity contribution in [1.82, 2.24) is 10.2 Å². The van der Waals surface area contributed by atoms with Gasteiger partial charge in [-0.2, -0.15) is 0 Å². The lowest BCUT2D eigenvalue weighted by Crippen LogP contribution is -1.96. The molecule has 0 radical (unpaired) electrons. The number of anilines is 2. The van der Waals surface area contributed by atoms with Gasteiger partial charge in [0, 0.05) is 22.4 Å². The standard InChI is InChI=1S/C19H19N3O3/c1-23-11-7-8-17(25-3)15(9-11)20-19-14-10-13-12(18(14)21-22-19)5-4-6-16(13)24-2/h4-10,20-22H,1-3H3. The Kier molecular flexibility index (Phi) is 3.65. The second-order valence-electron chi connectivity index (χ2n) is 5.67. The van der Waals surface area contributed by atoms with Crippen molar-refractivity contribution in [2.75, 3.05) is 26.6 Å². The van der Waals surface area contributed by atoms with E-state index in [1.807, 2.05) is 30.3 Å². The molecule has 0 saturated carbocycles. The van der Waals surface area contributed by atoms with Crippen LogP contribution in [0.25, 0.3) is 22.0 Å². The van der Waals surface area contributed by atoms with E-state index in [0.29, 0.717) is 0 Å². The number of fused-ring (bicyclic) bond motifs is 3. The van der Waals surface area contributed by atoms with E-state index in [1.165, 1.54) is 0 Å². The molecule has 2 aliphatic rings. The summed E-state index contributed by atoms with van der Waals surface area (Å²) in [5.41, 5.74) is 2.89. The number of aromatic amines is 2. The third kappa shape index (κ3) is 2.42. The summed E-state index contributed by atoms with van der Waals surface area (Å²) in [6, 6.07) is 13.8. The summed E-state index contributed by atoms with van der Waals surface area (Å²) in [7, 11) is 4.97. The largest absolute Gasteiger partial charge is 0.497 e. The highest BCUT2D eigenvalue weighted by molar-refractivity contribution is 6.06. The summed E-state index contributed by atoms with van der Waals surface area (Å²) >= 11 is 0. The zero-order valence-electron chi connectivity index (χ0n) is 14.3. The van der Waals surface area contributed by atoms with Gasteiger partial charge >= 0.3 is 0 Å². The molecule has 0 spiro atoms. The van der Waals surface area contributed by atoms with E-state index in [1.54, 1.807) is 21.3 Å². The van der Waals surface area contributed by atoms with Gasteiger partial charge in [0.05, 0.1) is 32.7 Å². The maximum absolute atomic E-state index is 5.47. The molecular formula is C19H19N3O3. The average molecular weight is 337 g/mol. The lowest BCUT2D eigenvalue weighted by atomic mass is 10.2. The molecule has 0 amide bonds. The van der Waals surface area contributed by atoms with Crippen molar-refractivity contribution in [2.24, 2.45) is 0 Å². The Hall–Kier alpha value is -3.28. The fourth-order valence-electron chi connectivity index (χ4n) is 3.12. The Balaban J connectivity index is 1.79. The molecule has 1 aliphatic carbocycles. The van der Waals surface area contributed by atoms with E-state index >= 15 is 0 Å². The predicted molar refractivity (Wildman–Crippen MR) is 98.7 cm³/mol. The van der Waals surface area contributed by atoms with Gasteiger partial charge in [-0.05, 0) is 24.3 Å². The van der Waals surface area contributed by atoms with Crippen LogP contribution in [0.4, 0.5) is 11.5 Å². The van der Waals surface area contributed by atoms with Gasteiger partial charge in [-0.25, -0.2) is 0 Å². The molecule has 0 aromatic heterocycles. The number of ether oxygens (including phenoxy) is 3. The number of hydrogen-bond acceptors (Lipinski definition) is 4. The van der Waals surface area contributed by atoms with Crippen LogP contribution in [0.1, 0.15) is 0 Å². The Morgan fingerprint density at radius 2 is 1.64 bits per heavy atom. The maximum Gasteiger partial charge on any atom is 0.142 e. The quantitative estimate of drug-likeness (QED) is 0.506. The molecule has 128 valence electrons. The molecule has 4 rings (SSSR count). The second-order valence-corrected chi connectivity index (χ2v) is 5.67. The summed E-state index contributed by atoms with van der Waals surface area (Å²) in [5, 5.41) is 12.0. The minimum Gasteiger partial charge on any atom is -0.497 e. The molecular weight excluding hydrogens is 318 g/mol. The third-order valence-corrected chi connectivity index (χ3v) is 4.36. The van der Waals surface area contributed by atoms with Crippen LogP contribution in [-0.2, 0) is 0 Å². The lowest BCUT2D eigenvalue weighted by Gasteiger charge is -2.11. The number of rotatable bonds is 5. The first kappa shape index (κ1) is 15.3. The fourth-order valence-corrected chi connectivity index (χ4v) is 3.12. The van der Waals surface area contributed by atoms with Crippen LogP contribution in [-0.4, -0.2) is 31.5 Å². The Labute approximate surface area is 145 Å². The van der Waals surface area contributed by atoms with Crippen LogP contribution >= 0.6 is 0 Å². The van der Waals surface area contributed by atoms with Crippen LogP contribution < -0.4 is 19.5 Å². The zero-order chi connectivity index (χ0) is 17.4. The summed E-state index contributed by atoms with van der Waals surface area (Å²) in [4.78, 5) is 0. The second kappa shape index (κ2) is 5.98. The summed E-state index contributed by atoms with van der Waals surface area (Å²) in [6.45, 7) is 0. The number of aromatic nitrogens is 2. The smallest absolute Gasteiger partial charge is 0.142 e. The SMILES string of the molecule is COc1ccc(OC)c(Nc2[nH][nH]c3c4cccc(OC)c4cc2-3)c1. The number of H-pyrrole nitrogens is 2. The Bertz CT molecular complexity index is 1000. The van der Waals surface area contributed by atoms with Crippen molar-refractivity contribution in [3.05, 3.63) is 42.5 Å². The molecule has 25 heavy (non-hydrogen) atoms. The number of methoxy groups -OCH3 is 3. The highest BCUT2D eigenvalue weighted by atomic mass is 16.5. The van der Waals surface area contributed by atoms with Gasteiger partial charge < -0.3 is 19.5 Å². The first-order valence-electron chi connectivity index (χ1n) is 7.90. The van der Waals surface area contributed by atoms with Crippen molar-refractivity contribution < 1.29 is 14.2 Å². The van der Waals surface area contributed by atoms with Crippen molar-refractivity contribution in [2.45, 2.75) is 0 Å². The molecule has 6 nitrogen and oxygen atoms in total. The molecule has 0 fully saturated rings. The molecule has 1 heterocycles. The van der Waals surface area contributed by atoms with Crippen LogP contribution in [0.15, 0.2) is 42.5 Å². The van der Waals surface area contributed by atoms with Crippen molar-refractivity contribution >= 4 is 22.3 Å². The number of nitrogens with one attached hydrogen (secondary N) is 3. The summed E-state index contributed by atoms with van der Waals surface area (Å²) in [5.74, 6) is 3.19. The maximum atomic E-state index is 5.47. The van der Waals surface area contributed by atoms with Gasteiger partial charge in [-0.3, -0.25) is 10.2 Å². The topological polar surface area (TPSA) is 71.3 Å². The van der Waals surface area contributed by atoms with Crippen LogP contribution in [0, 0.1) is 0 Å². The van der Waals surface area contributed by atoms with E-state index in [-0.39, 0.29) is 0 Å². The van der Waals surface area contributed by atoms with Gasteiger partial charge in [0.2, 0.25) is 0 Å². The van der Waals surface area contributed by atoms with Gasteiger partial charge in [0.25, 0.3) is 0 Å². The number of benzene rings is 2. The molecule has 0 bridgehead atoms. The molecule has 2 aromatic carbocycles. The average Bonchev–Trinajstić information content (AvgIpc) is 3.21.